The van der Waals surface area contributed by atoms with Crippen molar-refractivity contribution in [3.8, 4) is 0 Å². The molecule has 0 aliphatic rings. The Morgan fingerprint density at radius 1 is 0.362 bits per heavy atom. The summed E-state index contributed by atoms with van der Waals surface area (Å²) >= 11 is 0. The molecule has 1 heterocycles. The summed E-state index contributed by atoms with van der Waals surface area (Å²) in [5.41, 5.74) is 0. The number of aryl methyl sites for hydroxylation is 2. The molecule has 1 rings (SSSR count). The molecule has 1 aromatic heterocycles. The maximum Gasteiger partial charge on any atom is 0.256 e. The van der Waals surface area contributed by atoms with Crippen LogP contribution in [0.15, 0.2) is 12.4 Å². The average Bonchev–Trinajstić information content (AvgIpc) is 3.47. The fraction of sp³-hybridized carbons (Fsp3) is 0.933. The van der Waals surface area contributed by atoms with Gasteiger partial charge in [0.15, 0.2) is 0 Å². The standard InChI is InChI=1S/C45H89N2/c1-4-7-10-13-16-18-20-22-23-24-26-28-30-33-36-39-42-47-44-43-46(41-38-35-32-15-12-9-6-3)45(47)40-37-34-31-29-27-25-21-19-17-14-11-8-5-2/h43-44H,4-42H2,1-3H3/q+1. The molecule has 0 radical (unpaired) electrons. The smallest absolute Gasteiger partial charge is 0.234 e. The Kier molecular flexibility index (Phi) is 34.3. The van der Waals surface area contributed by atoms with Crippen molar-refractivity contribution in [2.24, 2.45) is 0 Å². The maximum atomic E-state index is 2.64. The summed E-state index contributed by atoms with van der Waals surface area (Å²) in [6, 6.07) is 0. The van der Waals surface area contributed by atoms with Gasteiger partial charge in [-0.15, -0.1) is 0 Å². The zero-order valence-electron chi connectivity index (χ0n) is 33.1. The van der Waals surface area contributed by atoms with E-state index in [1.54, 1.807) is 5.82 Å². The van der Waals surface area contributed by atoms with Crippen LogP contribution in [0.1, 0.15) is 258 Å². The number of unbranched alkanes of at least 4 members (excludes halogenated alkanes) is 33. The summed E-state index contributed by atoms with van der Waals surface area (Å²) in [7, 11) is 0. The second kappa shape index (κ2) is 36.5. The van der Waals surface area contributed by atoms with Crippen LogP contribution in [0.3, 0.4) is 0 Å². The van der Waals surface area contributed by atoms with E-state index in [1.807, 2.05) is 0 Å². The lowest BCUT2D eigenvalue weighted by atomic mass is 10.0. The molecule has 47 heavy (non-hydrogen) atoms. The first-order valence-electron chi connectivity index (χ1n) is 22.4. The Bertz CT molecular complexity index is 722. The molecule has 0 aliphatic heterocycles. The van der Waals surface area contributed by atoms with Gasteiger partial charge in [0.2, 0.25) is 0 Å². The van der Waals surface area contributed by atoms with Gasteiger partial charge in [0.1, 0.15) is 12.4 Å². The third kappa shape index (κ3) is 28.7. The highest BCUT2D eigenvalue weighted by Crippen LogP contribution is 2.16. The lowest BCUT2D eigenvalue weighted by molar-refractivity contribution is -0.704. The molecule has 0 N–H and O–H groups in total. The molecule has 0 amide bonds. The molecule has 2 nitrogen and oxygen atoms in total. The minimum Gasteiger partial charge on any atom is -0.234 e. The summed E-state index contributed by atoms with van der Waals surface area (Å²) in [6.45, 7) is 9.41. The van der Waals surface area contributed by atoms with E-state index in [-0.39, 0.29) is 0 Å². The normalized spacial score (nSPS) is 11.6. The Morgan fingerprint density at radius 2 is 0.660 bits per heavy atom. The van der Waals surface area contributed by atoms with Crippen molar-refractivity contribution < 1.29 is 4.57 Å². The van der Waals surface area contributed by atoms with Crippen molar-refractivity contribution in [3.63, 3.8) is 0 Å². The molecule has 278 valence electrons. The monoisotopic (exact) mass is 658 g/mol. The SMILES string of the molecule is CCCCCCCCCCCCCCCCCC[n+]1ccn(CCCCCCCCC)c1CCCCCCCCCCCCCCC. The molecule has 0 aromatic carbocycles. The molecule has 0 atom stereocenters. The van der Waals surface area contributed by atoms with E-state index >= 15 is 0 Å². The number of nitrogens with zero attached hydrogens (tertiary/aromatic N) is 2. The topological polar surface area (TPSA) is 8.81 Å². The second-order valence-electron chi connectivity index (χ2n) is 15.5. The van der Waals surface area contributed by atoms with E-state index in [0.29, 0.717) is 0 Å². The van der Waals surface area contributed by atoms with Crippen molar-refractivity contribution in [2.75, 3.05) is 0 Å². The summed E-state index contributed by atoms with van der Waals surface area (Å²) < 4.78 is 5.28. The van der Waals surface area contributed by atoms with Gasteiger partial charge >= 0.3 is 0 Å². The molecular formula is C45H89N2+. The highest BCUT2D eigenvalue weighted by molar-refractivity contribution is 4.84. The van der Waals surface area contributed by atoms with Gasteiger partial charge < -0.3 is 0 Å². The van der Waals surface area contributed by atoms with Crippen LogP contribution in [0.25, 0.3) is 0 Å². The molecule has 0 saturated heterocycles. The number of hydrogen-bond donors (Lipinski definition) is 0. The minimum atomic E-state index is 1.23. The van der Waals surface area contributed by atoms with Gasteiger partial charge in [-0.3, -0.25) is 0 Å². The van der Waals surface area contributed by atoms with Crippen LogP contribution in [-0.2, 0) is 19.5 Å². The molecule has 0 aliphatic carbocycles. The maximum absolute atomic E-state index is 2.64. The minimum absolute atomic E-state index is 1.23. The van der Waals surface area contributed by atoms with Crippen LogP contribution < -0.4 is 4.57 Å². The van der Waals surface area contributed by atoms with Gasteiger partial charge in [0.05, 0.1) is 13.1 Å². The summed E-state index contributed by atoms with van der Waals surface area (Å²) in [5, 5.41) is 0. The number of aromatic nitrogens is 2. The summed E-state index contributed by atoms with van der Waals surface area (Å²) in [6.07, 6.45) is 57.9. The van der Waals surface area contributed by atoms with Crippen molar-refractivity contribution >= 4 is 0 Å². The van der Waals surface area contributed by atoms with Gasteiger partial charge in [-0.25, -0.2) is 9.13 Å². The van der Waals surface area contributed by atoms with Crippen LogP contribution in [0.4, 0.5) is 0 Å². The summed E-state index contributed by atoms with van der Waals surface area (Å²) in [5.74, 6) is 1.63. The molecule has 0 spiro atoms. The lowest BCUT2D eigenvalue weighted by Crippen LogP contribution is -2.37. The van der Waals surface area contributed by atoms with Gasteiger partial charge in [0.25, 0.3) is 5.82 Å². The number of hydrogen-bond acceptors (Lipinski definition) is 0. The van der Waals surface area contributed by atoms with E-state index in [4.69, 9.17) is 0 Å². The molecule has 0 fully saturated rings. The first-order valence-corrected chi connectivity index (χ1v) is 22.4. The lowest BCUT2D eigenvalue weighted by Gasteiger charge is -2.07. The van der Waals surface area contributed by atoms with Gasteiger partial charge in [-0.05, 0) is 32.1 Å². The zero-order chi connectivity index (χ0) is 33.7. The third-order valence-electron chi connectivity index (χ3n) is 10.8. The molecule has 1 aromatic rings. The van der Waals surface area contributed by atoms with Crippen LogP contribution in [0.2, 0.25) is 0 Å². The zero-order valence-corrected chi connectivity index (χ0v) is 33.1. The predicted octanol–water partition coefficient (Wildman–Crippen LogP) is 15.4. The highest BCUT2D eigenvalue weighted by atomic mass is 15.1. The fourth-order valence-corrected chi connectivity index (χ4v) is 7.56. The van der Waals surface area contributed by atoms with Crippen LogP contribution >= 0.6 is 0 Å². The van der Waals surface area contributed by atoms with Crippen molar-refractivity contribution in [3.05, 3.63) is 18.2 Å². The van der Waals surface area contributed by atoms with Gasteiger partial charge in [0, 0.05) is 6.42 Å². The van der Waals surface area contributed by atoms with Crippen molar-refractivity contribution in [1.29, 1.82) is 0 Å². The van der Waals surface area contributed by atoms with Crippen LogP contribution in [-0.4, -0.2) is 4.57 Å². The fourth-order valence-electron chi connectivity index (χ4n) is 7.56. The van der Waals surface area contributed by atoms with E-state index in [9.17, 15) is 0 Å². The first-order chi connectivity index (χ1) is 23.3. The Morgan fingerprint density at radius 3 is 1.02 bits per heavy atom. The first kappa shape index (κ1) is 44.2. The average molecular weight is 658 g/mol. The Labute approximate surface area is 298 Å². The van der Waals surface area contributed by atoms with Crippen LogP contribution in [0.5, 0.6) is 0 Å². The quantitative estimate of drug-likeness (QED) is 0.0492. The van der Waals surface area contributed by atoms with Crippen LogP contribution in [0, 0.1) is 0 Å². The van der Waals surface area contributed by atoms with E-state index in [2.05, 4.69) is 42.3 Å². The third-order valence-corrected chi connectivity index (χ3v) is 10.8. The predicted molar refractivity (Wildman–Crippen MR) is 212 cm³/mol. The number of imidazole rings is 1. The van der Waals surface area contributed by atoms with E-state index < -0.39 is 0 Å². The van der Waals surface area contributed by atoms with Crippen molar-refractivity contribution in [1.82, 2.24) is 4.57 Å². The highest BCUT2D eigenvalue weighted by Gasteiger charge is 2.16. The van der Waals surface area contributed by atoms with E-state index in [0.717, 1.165) is 0 Å². The molecular weight excluding hydrogens is 569 g/mol. The second-order valence-corrected chi connectivity index (χ2v) is 15.5. The summed E-state index contributed by atoms with van der Waals surface area (Å²) in [4.78, 5) is 0. The molecule has 2 heteroatoms. The number of rotatable bonds is 39. The molecule has 0 unspecified atom stereocenters. The van der Waals surface area contributed by atoms with E-state index in [1.165, 1.54) is 251 Å². The largest absolute Gasteiger partial charge is 0.256 e. The van der Waals surface area contributed by atoms with Gasteiger partial charge in [-0.2, -0.15) is 0 Å². The van der Waals surface area contributed by atoms with Gasteiger partial charge in [-0.1, -0.05) is 220 Å². The Hall–Kier alpha value is -0.790. The van der Waals surface area contributed by atoms with Crippen molar-refractivity contribution in [2.45, 2.75) is 271 Å². The molecule has 0 saturated carbocycles. The molecule has 0 bridgehead atoms. The Balaban J connectivity index is 2.21.